The fourth-order valence-corrected chi connectivity index (χ4v) is 6.02. The van der Waals surface area contributed by atoms with Gasteiger partial charge >= 0.3 is 0 Å². The molecule has 5 rings (SSSR count). The van der Waals surface area contributed by atoms with Crippen LogP contribution in [0.4, 0.5) is 0 Å². The van der Waals surface area contributed by atoms with Gasteiger partial charge in [-0.15, -0.1) is 0 Å². The van der Waals surface area contributed by atoms with Crippen molar-refractivity contribution in [3.05, 3.63) is 64.8 Å². The molecule has 0 radical (unpaired) electrons. The fraction of sp³-hybridized carbons (Fsp3) is 0.375. The summed E-state index contributed by atoms with van der Waals surface area (Å²) >= 11 is 0. The van der Waals surface area contributed by atoms with E-state index in [2.05, 4.69) is 16.4 Å². The van der Waals surface area contributed by atoms with Crippen molar-refractivity contribution in [2.24, 2.45) is 0 Å². The predicted molar refractivity (Wildman–Crippen MR) is 122 cm³/mol. The molecule has 2 heterocycles. The van der Waals surface area contributed by atoms with Gasteiger partial charge in [0.1, 0.15) is 0 Å². The highest BCUT2D eigenvalue weighted by Crippen LogP contribution is 2.30. The molecule has 1 aromatic heterocycles. The number of aryl methyl sites for hydroxylation is 2. The third kappa shape index (κ3) is 3.94. The Labute approximate surface area is 187 Å². The van der Waals surface area contributed by atoms with E-state index in [0.29, 0.717) is 38.4 Å². The van der Waals surface area contributed by atoms with Crippen LogP contribution in [0.15, 0.2) is 47.4 Å². The molecule has 8 heteroatoms. The molecule has 0 bridgehead atoms. The van der Waals surface area contributed by atoms with E-state index >= 15 is 0 Å². The monoisotopic (exact) mass is 453 g/mol. The number of benzene rings is 2. The number of carbonyl (C=O) groups is 1. The second-order valence-electron chi connectivity index (χ2n) is 8.36. The molecule has 1 fully saturated rings. The number of para-hydroxylation sites is 1. The molecule has 0 atom stereocenters. The molecule has 1 amide bonds. The van der Waals surface area contributed by atoms with Gasteiger partial charge in [0.15, 0.2) is 0 Å². The number of sulfonamides is 1. The van der Waals surface area contributed by atoms with Crippen molar-refractivity contribution in [3.63, 3.8) is 0 Å². The van der Waals surface area contributed by atoms with Crippen molar-refractivity contribution in [1.82, 2.24) is 14.6 Å². The zero-order chi connectivity index (χ0) is 22.1. The number of nitrogens with zero attached hydrogens (tertiary/aromatic N) is 1. The second kappa shape index (κ2) is 8.69. The number of fused-ring (bicyclic) bond motifs is 3. The summed E-state index contributed by atoms with van der Waals surface area (Å²) in [6.07, 6.45) is 4.46. The van der Waals surface area contributed by atoms with Crippen LogP contribution < -0.4 is 5.32 Å². The van der Waals surface area contributed by atoms with Gasteiger partial charge < -0.3 is 15.0 Å². The van der Waals surface area contributed by atoms with Crippen LogP contribution in [0.1, 0.15) is 40.0 Å². The van der Waals surface area contributed by atoms with Crippen LogP contribution in [-0.4, -0.2) is 49.9 Å². The third-order valence-corrected chi connectivity index (χ3v) is 8.28. The van der Waals surface area contributed by atoms with Gasteiger partial charge in [0, 0.05) is 30.7 Å². The summed E-state index contributed by atoms with van der Waals surface area (Å²) in [5.41, 5.74) is 4.99. The Morgan fingerprint density at radius 3 is 2.56 bits per heavy atom. The smallest absolute Gasteiger partial charge is 0.253 e. The molecule has 0 saturated carbocycles. The van der Waals surface area contributed by atoms with Crippen molar-refractivity contribution in [2.75, 3.05) is 26.3 Å². The molecular weight excluding hydrogens is 426 g/mol. The minimum Gasteiger partial charge on any atom is -0.379 e. The number of aromatic amines is 1. The van der Waals surface area contributed by atoms with E-state index in [4.69, 9.17) is 4.74 Å². The first-order valence-electron chi connectivity index (χ1n) is 11.1. The van der Waals surface area contributed by atoms with Crippen LogP contribution in [-0.2, 0) is 34.1 Å². The lowest BCUT2D eigenvalue weighted by Gasteiger charge is -2.26. The average molecular weight is 454 g/mol. The number of morpholine rings is 1. The van der Waals surface area contributed by atoms with Gasteiger partial charge in [-0.1, -0.05) is 24.3 Å². The number of carbonyl (C=O) groups excluding carboxylic acids is 1. The number of hydrogen-bond acceptors (Lipinski definition) is 4. The van der Waals surface area contributed by atoms with Gasteiger partial charge in [0.25, 0.3) is 5.91 Å². The van der Waals surface area contributed by atoms with Gasteiger partial charge in [-0.05, 0) is 55.0 Å². The fourth-order valence-electron chi connectivity index (χ4n) is 4.61. The standard InChI is InChI=1S/C24H27N3O4S/c28-24(21-6-3-5-20-19-4-1-2-7-22(19)26-23(20)21)25-16-17-8-10-18(11-9-17)32(29,30)27-12-14-31-15-13-27/h3,5-6,8-11,26H,1-2,4,7,12-16H2,(H,25,28). The summed E-state index contributed by atoms with van der Waals surface area (Å²) in [4.78, 5) is 16.7. The predicted octanol–water partition coefficient (Wildman–Crippen LogP) is 3.00. The summed E-state index contributed by atoms with van der Waals surface area (Å²) in [5.74, 6) is -0.140. The molecule has 168 valence electrons. The lowest BCUT2D eigenvalue weighted by Crippen LogP contribution is -2.40. The van der Waals surface area contributed by atoms with E-state index in [0.717, 1.165) is 29.3 Å². The van der Waals surface area contributed by atoms with Crippen molar-refractivity contribution in [3.8, 4) is 0 Å². The molecule has 32 heavy (non-hydrogen) atoms. The Kier molecular flexibility index (Phi) is 5.75. The molecule has 3 aromatic rings. The first-order chi connectivity index (χ1) is 15.5. The first kappa shape index (κ1) is 21.2. The number of H-pyrrole nitrogens is 1. The highest BCUT2D eigenvalue weighted by Gasteiger charge is 2.26. The van der Waals surface area contributed by atoms with Gasteiger partial charge in [-0.2, -0.15) is 4.31 Å². The van der Waals surface area contributed by atoms with Crippen molar-refractivity contribution in [2.45, 2.75) is 37.1 Å². The van der Waals surface area contributed by atoms with Gasteiger partial charge in [-0.25, -0.2) is 8.42 Å². The Morgan fingerprint density at radius 2 is 1.78 bits per heavy atom. The molecule has 1 aliphatic carbocycles. The van der Waals surface area contributed by atoms with Gasteiger partial charge in [0.05, 0.1) is 29.2 Å². The number of ether oxygens (including phenoxy) is 1. The SMILES string of the molecule is O=C(NCc1ccc(S(=O)(=O)N2CCOCC2)cc1)c1cccc2c3c([nH]c12)CCCC3. The highest BCUT2D eigenvalue weighted by molar-refractivity contribution is 7.89. The maximum Gasteiger partial charge on any atom is 0.253 e. The molecule has 0 spiro atoms. The molecule has 2 aromatic carbocycles. The number of rotatable bonds is 5. The summed E-state index contributed by atoms with van der Waals surface area (Å²) in [6.45, 7) is 1.90. The van der Waals surface area contributed by atoms with Crippen molar-refractivity contribution in [1.29, 1.82) is 0 Å². The maximum absolute atomic E-state index is 12.9. The van der Waals surface area contributed by atoms with E-state index < -0.39 is 10.0 Å². The first-order valence-corrected chi connectivity index (χ1v) is 12.6. The van der Waals surface area contributed by atoms with Crippen LogP contribution in [0.3, 0.4) is 0 Å². The minimum absolute atomic E-state index is 0.140. The lowest BCUT2D eigenvalue weighted by atomic mass is 9.95. The van der Waals surface area contributed by atoms with E-state index in [-0.39, 0.29) is 10.8 Å². The normalized spacial score (nSPS) is 17.2. The topological polar surface area (TPSA) is 91.5 Å². The average Bonchev–Trinajstić information content (AvgIpc) is 3.22. The molecular formula is C24H27N3O4S. The van der Waals surface area contributed by atoms with E-state index in [1.165, 1.54) is 28.4 Å². The van der Waals surface area contributed by atoms with E-state index in [9.17, 15) is 13.2 Å². The van der Waals surface area contributed by atoms with Gasteiger partial charge in [0.2, 0.25) is 10.0 Å². The number of amides is 1. The van der Waals surface area contributed by atoms with E-state index in [1.54, 1.807) is 24.3 Å². The number of aromatic nitrogens is 1. The molecule has 0 unspecified atom stereocenters. The highest BCUT2D eigenvalue weighted by atomic mass is 32.2. The van der Waals surface area contributed by atoms with Crippen LogP contribution in [0.25, 0.3) is 10.9 Å². The number of hydrogen-bond donors (Lipinski definition) is 2. The quantitative estimate of drug-likeness (QED) is 0.621. The summed E-state index contributed by atoms with van der Waals surface area (Å²) < 4.78 is 32.2. The number of nitrogens with one attached hydrogen (secondary N) is 2. The Bertz CT molecular complexity index is 1240. The maximum atomic E-state index is 12.9. The Morgan fingerprint density at radius 1 is 1.03 bits per heavy atom. The Balaban J connectivity index is 1.29. The minimum atomic E-state index is -3.52. The summed E-state index contributed by atoms with van der Waals surface area (Å²) in [7, 11) is -3.52. The van der Waals surface area contributed by atoms with Gasteiger partial charge in [-0.3, -0.25) is 4.79 Å². The van der Waals surface area contributed by atoms with Crippen molar-refractivity contribution >= 4 is 26.8 Å². The van der Waals surface area contributed by atoms with E-state index in [1.807, 2.05) is 12.1 Å². The summed E-state index contributed by atoms with van der Waals surface area (Å²) in [6, 6.07) is 12.6. The molecule has 2 N–H and O–H groups in total. The summed E-state index contributed by atoms with van der Waals surface area (Å²) in [5, 5.41) is 4.12. The van der Waals surface area contributed by atoms with Crippen molar-refractivity contribution < 1.29 is 17.9 Å². The van der Waals surface area contributed by atoms with Crippen LogP contribution in [0.2, 0.25) is 0 Å². The molecule has 2 aliphatic rings. The zero-order valence-electron chi connectivity index (χ0n) is 17.9. The molecule has 1 aliphatic heterocycles. The molecule has 1 saturated heterocycles. The Hall–Kier alpha value is -2.68. The largest absolute Gasteiger partial charge is 0.379 e. The zero-order valence-corrected chi connectivity index (χ0v) is 18.7. The second-order valence-corrected chi connectivity index (χ2v) is 10.3. The van der Waals surface area contributed by atoms with Crippen LogP contribution in [0, 0.1) is 0 Å². The third-order valence-electron chi connectivity index (χ3n) is 6.36. The molecule has 7 nitrogen and oxygen atoms in total. The van der Waals surface area contributed by atoms with Crippen LogP contribution in [0.5, 0.6) is 0 Å². The van der Waals surface area contributed by atoms with Crippen LogP contribution >= 0.6 is 0 Å². The lowest BCUT2D eigenvalue weighted by molar-refractivity contribution is 0.0730.